The third-order valence-electron chi connectivity index (χ3n) is 6.88. The fraction of sp³-hybridized carbons (Fsp3) is 0.600. The molecule has 0 atom stereocenters. The molecule has 0 bridgehead atoms. The van der Waals surface area contributed by atoms with Crippen LogP contribution in [-0.2, 0) is 0 Å². The first-order valence-corrected chi connectivity index (χ1v) is 10.1. The molecule has 2 rings (SSSR count). The molecular formula is C20H30Ge. The maximum atomic E-state index is 2.51. The van der Waals surface area contributed by atoms with E-state index in [1.807, 2.05) is 0 Å². The molecule has 114 valence electrons. The molecule has 2 aliphatic carbocycles. The molecular weight excluding hydrogens is 313 g/mol. The van der Waals surface area contributed by atoms with E-state index >= 15 is 0 Å². The predicted molar refractivity (Wildman–Crippen MR) is 96.0 cm³/mol. The van der Waals surface area contributed by atoms with Gasteiger partial charge in [-0.25, -0.2) is 0 Å². The van der Waals surface area contributed by atoms with Crippen LogP contribution in [-0.4, -0.2) is 15.4 Å². The van der Waals surface area contributed by atoms with E-state index in [0.29, 0.717) is 8.49 Å². The van der Waals surface area contributed by atoms with Crippen LogP contribution in [0.2, 0.25) is 8.49 Å². The molecule has 0 spiro atoms. The molecule has 0 unspecified atom stereocenters. The fourth-order valence-corrected chi connectivity index (χ4v) is 9.31. The van der Waals surface area contributed by atoms with E-state index in [-0.39, 0.29) is 15.4 Å². The normalized spacial score (nSPS) is 24.9. The molecule has 0 aromatic rings. The zero-order chi connectivity index (χ0) is 16.3. The average Bonchev–Trinajstić information content (AvgIpc) is 2.67. The van der Waals surface area contributed by atoms with Gasteiger partial charge in [0.2, 0.25) is 0 Å². The summed E-state index contributed by atoms with van der Waals surface area (Å²) in [5.41, 5.74) is 12.7. The Hall–Kier alpha value is -0.497. The molecule has 0 amide bonds. The molecule has 0 aliphatic heterocycles. The van der Waals surface area contributed by atoms with Gasteiger partial charge in [-0.2, -0.15) is 0 Å². The van der Waals surface area contributed by atoms with E-state index in [1.165, 1.54) is 22.3 Å². The minimum absolute atomic E-state index is 0.220. The molecule has 0 saturated heterocycles. The first-order chi connectivity index (χ1) is 9.48. The molecule has 1 heteroatoms. The van der Waals surface area contributed by atoms with E-state index in [4.69, 9.17) is 0 Å². The average molecular weight is 343 g/mol. The van der Waals surface area contributed by atoms with Crippen molar-refractivity contribution in [3.63, 3.8) is 0 Å². The van der Waals surface area contributed by atoms with E-state index in [2.05, 4.69) is 69.2 Å². The van der Waals surface area contributed by atoms with Gasteiger partial charge in [-0.3, -0.25) is 0 Å². The van der Waals surface area contributed by atoms with Crippen molar-refractivity contribution in [3.05, 3.63) is 44.6 Å². The number of hydrogen-bond acceptors (Lipinski definition) is 0. The van der Waals surface area contributed by atoms with Gasteiger partial charge in [0.15, 0.2) is 0 Å². The molecule has 2 radical (unpaired) electrons. The van der Waals surface area contributed by atoms with Crippen LogP contribution >= 0.6 is 0 Å². The van der Waals surface area contributed by atoms with Crippen LogP contribution in [0.15, 0.2) is 44.6 Å². The van der Waals surface area contributed by atoms with Gasteiger partial charge >= 0.3 is 138 Å². The number of hydrogen-bond donors (Lipinski definition) is 0. The van der Waals surface area contributed by atoms with Gasteiger partial charge in [0, 0.05) is 0 Å². The van der Waals surface area contributed by atoms with Gasteiger partial charge in [0.25, 0.3) is 0 Å². The molecule has 2 aliphatic rings. The fourth-order valence-electron chi connectivity index (χ4n) is 4.06. The summed E-state index contributed by atoms with van der Waals surface area (Å²) in [5.74, 6) is 0. The summed E-state index contributed by atoms with van der Waals surface area (Å²) in [5, 5.41) is 0. The van der Waals surface area contributed by atoms with Crippen LogP contribution < -0.4 is 0 Å². The molecule has 0 aromatic carbocycles. The second-order valence-electron chi connectivity index (χ2n) is 7.38. The van der Waals surface area contributed by atoms with Crippen LogP contribution in [0.5, 0.6) is 0 Å². The monoisotopic (exact) mass is 344 g/mol. The molecule has 0 heterocycles. The van der Waals surface area contributed by atoms with Crippen LogP contribution in [0, 0.1) is 0 Å². The molecule has 0 saturated carbocycles. The Morgan fingerprint density at radius 3 is 0.857 bits per heavy atom. The van der Waals surface area contributed by atoms with Crippen molar-refractivity contribution in [3.8, 4) is 0 Å². The Kier molecular flexibility index (Phi) is 4.02. The van der Waals surface area contributed by atoms with Crippen molar-refractivity contribution in [1.82, 2.24) is 0 Å². The Morgan fingerprint density at radius 1 is 0.476 bits per heavy atom. The molecule has 0 N–H and O–H groups in total. The van der Waals surface area contributed by atoms with Crippen LogP contribution in [0.3, 0.4) is 0 Å². The van der Waals surface area contributed by atoms with Crippen LogP contribution in [0.4, 0.5) is 0 Å². The van der Waals surface area contributed by atoms with Crippen molar-refractivity contribution in [1.29, 1.82) is 0 Å². The maximum absolute atomic E-state index is 2.51. The van der Waals surface area contributed by atoms with Gasteiger partial charge in [0.05, 0.1) is 0 Å². The second kappa shape index (κ2) is 5.01. The summed E-state index contributed by atoms with van der Waals surface area (Å²) in [4.78, 5) is 0. The van der Waals surface area contributed by atoms with Crippen LogP contribution in [0.1, 0.15) is 69.2 Å². The van der Waals surface area contributed by atoms with E-state index in [1.54, 1.807) is 22.3 Å². The number of allylic oxidation sites excluding steroid dienone is 8. The standard InChI is InChI=1S/C20H30Ge/c1-11-12(2)16(6)19(9,15(11)5)21-20(10)17(7)13(3)14(4)18(20)8/h1-10H3. The van der Waals surface area contributed by atoms with Crippen molar-refractivity contribution >= 4 is 15.4 Å². The summed E-state index contributed by atoms with van der Waals surface area (Å²) in [7, 11) is 0. The Labute approximate surface area is 138 Å². The van der Waals surface area contributed by atoms with E-state index in [9.17, 15) is 0 Å². The summed E-state index contributed by atoms with van der Waals surface area (Å²) < 4.78 is 0.659. The summed E-state index contributed by atoms with van der Waals surface area (Å²) in [6, 6.07) is 0. The van der Waals surface area contributed by atoms with Crippen molar-refractivity contribution in [2.75, 3.05) is 0 Å². The topological polar surface area (TPSA) is 0 Å². The van der Waals surface area contributed by atoms with E-state index in [0.717, 1.165) is 0 Å². The third kappa shape index (κ3) is 2.09. The molecule has 0 aromatic heterocycles. The molecule has 0 fully saturated rings. The Morgan fingerprint density at radius 2 is 0.667 bits per heavy atom. The Bertz CT molecular complexity index is 531. The van der Waals surface area contributed by atoms with Gasteiger partial charge in [-0.05, 0) is 0 Å². The summed E-state index contributed by atoms with van der Waals surface area (Å²) >= 11 is -0.220. The molecule has 21 heavy (non-hydrogen) atoms. The third-order valence-corrected chi connectivity index (χ3v) is 12.1. The Balaban J connectivity index is 2.54. The minimum atomic E-state index is -0.220. The summed E-state index contributed by atoms with van der Waals surface area (Å²) in [6.45, 7) is 23.7. The molecule has 0 nitrogen and oxygen atoms in total. The SMILES string of the molecule is CC1=C(C)[C](C)([Ge][C]2(C)C(C)=C(C)C(C)=C2C)C(C)=C1C. The number of rotatable bonds is 2. The van der Waals surface area contributed by atoms with Crippen molar-refractivity contribution in [2.45, 2.75) is 77.7 Å². The van der Waals surface area contributed by atoms with Gasteiger partial charge in [-0.15, -0.1) is 0 Å². The van der Waals surface area contributed by atoms with Gasteiger partial charge < -0.3 is 0 Å². The predicted octanol–water partition coefficient (Wildman–Crippen LogP) is 6.42. The van der Waals surface area contributed by atoms with Gasteiger partial charge in [0.1, 0.15) is 0 Å². The zero-order valence-electron chi connectivity index (χ0n) is 15.5. The quantitative estimate of drug-likeness (QED) is 0.508. The second-order valence-corrected chi connectivity index (χ2v) is 12.1. The summed E-state index contributed by atoms with van der Waals surface area (Å²) in [6.07, 6.45) is 0. The zero-order valence-corrected chi connectivity index (χ0v) is 17.6. The van der Waals surface area contributed by atoms with Gasteiger partial charge in [-0.1, -0.05) is 0 Å². The van der Waals surface area contributed by atoms with E-state index < -0.39 is 0 Å². The van der Waals surface area contributed by atoms with Crippen molar-refractivity contribution < 1.29 is 0 Å². The van der Waals surface area contributed by atoms with Crippen molar-refractivity contribution in [2.24, 2.45) is 0 Å². The first-order valence-electron chi connectivity index (χ1n) is 8.00. The first kappa shape index (κ1) is 16.9. The van der Waals surface area contributed by atoms with Crippen LogP contribution in [0.25, 0.3) is 0 Å².